The number of ether oxygens (including phenoxy) is 1. The molecule has 88 valence electrons. The number of methoxy groups -OCH3 is 1. The predicted molar refractivity (Wildman–Crippen MR) is 68.5 cm³/mol. The molecular weight excluding hydrogens is 198 g/mol. The summed E-state index contributed by atoms with van der Waals surface area (Å²) in [6, 6.07) is 10.9. The highest BCUT2D eigenvalue weighted by molar-refractivity contribution is 5.18. The first-order chi connectivity index (χ1) is 7.88. The minimum absolute atomic E-state index is 0.398. The third-order valence-corrected chi connectivity index (χ3v) is 2.56. The largest absolute Gasteiger partial charge is 0.383 e. The van der Waals surface area contributed by atoms with Gasteiger partial charge >= 0.3 is 0 Å². The zero-order chi connectivity index (χ0) is 11.6. The van der Waals surface area contributed by atoms with E-state index < -0.39 is 0 Å². The van der Waals surface area contributed by atoms with Gasteiger partial charge in [0.2, 0.25) is 0 Å². The van der Waals surface area contributed by atoms with Gasteiger partial charge in [0.25, 0.3) is 0 Å². The van der Waals surface area contributed by atoms with Crippen molar-refractivity contribution in [1.82, 2.24) is 5.32 Å². The van der Waals surface area contributed by atoms with Crippen LogP contribution in [0.4, 0.5) is 0 Å². The van der Waals surface area contributed by atoms with Gasteiger partial charge in [-0.1, -0.05) is 36.4 Å². The van der Waals surface area contributed by atoms with E-state index in [4.69, 9.17) is 4.74 Å². The van der Waals surface area contributed by atoms with Gasteiger partial charge in [0.1, 0.15) is 0 Å². The number of allylic oxidation sites excluding steroid dienone is 1. The molecule has 0 bridgehead atoms. The summed E-state index contributed by atoms with van der Waals surface area (Å²) < 4.78 is 5.05. The van der Waals surface area contributed by atoms with E-state index in [2.05, 4.69) is 36.2 Å². The Morgan fingerprint density at radius 1 is 1.38 bits per heavy atom. The Kier molecular flexibility index (Phi) is 6.54. The van der Waals surface area contributed by atoms with Crippen LogP contribution in [0.5, 0.6) is 0 Å². The summed E-state index contributed by atoms with van der Waals surface area (Å²) in [6.45, 7) is 5.40. The molecule has 0 aliphatic heterocycles. The lowest BCUT2D eigenvalue weighted by atomic mass is 10.0. The first-order valence-corrected chi connectivity index (χ1v) is 5.76. The van der Waals surface area contributed by atoms with Crippen LogP contribution in [-0.2, 0) is 4.74 Å². The summed E-state index contributed by atoms with van der Waals surface area (Å²) in [5.74, 6) is 0. The molecule has 0 aliphatic rings. The van der Waals surface area contributed by atoms with Crippen LogP contribution in [0.15, 0.2) is 43.0 Å². The molecule has 0 aromatic heterocycles. The molecule has 1 atom stereocenters. The lowest BCUT2D eigenvalue weighted by molar-refractivity contribution is 0.195. The fourth-order valence-corrected chi connectivity index (χ4v) is 1.69. The van der Waals surface area contributed by atoms with Crippen molar-refractivity contribution < 1.29 is 4.74 Å². The van der Waals surface area contributed by atoms with Gasteiger partial charge in [0.05, 0.1) is 6.61 Å². The van der Waals surface area contributed by atoms with Crippen molar-refractivity contribution in [3.05, 3.63) is 48.6 Å². The Labute approximate surface area is 98.3 Å². The molecular formula is C14H21NO. The van der Waals surface area contributed by atoms with Crippen LogP contribution in [0.25, 0.3) is 0 Å². The Morgan fingerprint density at radius 2 is 2.12 bits per heavy atom. The average molecular weight is 219 g/mol. The zero-order valence-corrected chi connectivity index (χ0v) is 9.99. The molecule has 1 unspecified atom stereocenters. The Balaban J connectivity index is 2.52. The number of rotatable bonds is 8. The minimum atomic E-state index is 0.398. The van der Waals surface area contributed by atoms with Gasteiger partial charge in [-0.2, -0.15) is 0 Å². The lowest BCUT2D eigenvalue weighted by Gasteiger charge is -2.18. The summed E-state index contributed by atoms with van der Waals surface area (Å²) in [6.07, 6.45) is 4.07. The highest BCUT2D eigenvalue weighted by Gasteiger charge is 2.08. The lowest BCUT2D eigenvalue weighted by Crippen LogP contribution is -2.25. The minimum Gasteiger partial charge on any atom is -0.383 e. The summed E-state index contributed by atoms with van der Waals surface area (Å²) in [4.78, 5) is 0. The molecule has 2 heteroatoms. The van der Waals surface area contributed by atoms with E-state index in [-0.39, 0.29) is 0 Å². The van der Waals surface area contributed by atoms with Crippen LogP contribution < -0.4 is 5.32 Å². The second-order valence-electron chi connectivity index (χ2n) is 3.78. The Morgan fingerprint density at radius 3 is 2.75 bits per heavy atom. The molecule has 0 heterocycles. The normalized spacial score (nSPS) is 12.3. The van der Waals surface area contributed by atoms with Crippen molar-refractivity contribution in [2.75, 3.05) is 20.3 Å². The van der Waals surface area contributed by atoms with Gasteiger partial charge in [-0.05, 0) is 18.4 Å². The maximum atomic E-state index is 5.05. The molecule has 1 aromatic carbocycles. The topological polar surface area (TPSA) is 21.3 Å². The van der Waals surface area contributed by atoms with Crippen LogP contribution in [0.3, 0.4) is 0 Å². The SMILES string of the molecule is C=CCCC(NCCOC)c1ccccc1. The third kappa shape index (κ3) is 4.60. The molecule has 0 spiro atoms. The summed E-state index contributed by atoms with van der Waals surface area (Å²) in [5.41, 5.74) is 1.33. The highest BCUT2D eigenvalue weighted by atomic mass is 16.5. The van der Waals surface area contributed by atoms with E-state index in [1.807, 2.05) is 12.1 Å². The van der Waals surface area contributed by atoms with Gasteiger partial charge in [-0.3, -0.25) is 0 Å². The summed E-state index contributed by atoms with van der Waals surface area (Å²) >= 11 is 0. The van der Waals surface area contributed by atoms with Gasteiger partial charge in [0.15, 0.2) is 0 Å². The summed E-state index contributed by atoms with van der Waals surface area (Å²) in [7, 11) is 1.73. The van der Waals surface area contributed by atoms with Crippen LogP contribution in [0.1, 0.15) is 24.4 Å². The molecule has 0 saturated heterocycles. The van der Waals surface area contributed by atoms with Gasteiger partial charge < -0.3 is 10.1 Å². The second-order valence-corrected chi connectivity index (χ2v) is 3.78. The van der Waals surface area contributed by atoms with Crippen LogP contribution in [0.2, 0.25) is 0 Å². The van der Waals surface area contributed by atoms with E-state index in [0.29, 0.717) is 6.04 Å². The average Bonchev–Trinajstić information content (AvgIpc) is 2.35. The maximum absolute atomic E-state index is 5.05. The second kappa shape index (κ2) is 8.08. The molecule has 1 N–H and O–H groups in total. The van der Waals surface area contributed by atoms with E-state index in [0.717, 1.165) is 26.0 Å². The van der Waals surface area contributed by atoms with Gasteiger partial charge in [-0.15, -0.1) is 6.58 Å². The van der Waals surface area contributed by atoms with Gasteiger partial charge in [-0.25, -0.2) is 0 Å². The smallest absolute Gasteiger partial charge is 0.0587 e. The fourth-order valence-electron chi connectivity index (χ4n) is 1.69. The van der Waals surface area contributed by atoms with Crippen molar-refractivity contribution in [2.45, 2.75) is 18.9 Å². The van der Waals surface area contributed by atoms with Crippen molar-refractivity contribution in [2.24, 2.45) is 0 Å². The summed E-state index contributed by atoms with van der Waals surface area (Å²) in [5, 5.41) is 3.50. The quantitative estimate of drug-likeness (QED) is 0.536. The standard InChI is InChI=1S/C14H21NO/c1-3-4-10-14(15-11-12-16-2)13-8-6-5-7-9-13/h3,5-9,14-15H,1,4,10-12H2,2H3. The van der Waals surface area contributed by atoms with Crippen LogP contribution in [-0.4, -0.2) is 20.3 Å². The molecule has 2 nitrogen and oxygen atoms in total. The van der Waals surface area contributed by atoms with Crippen molar-refractivity contribution in [3.63, 3.8) is 0 Å². The molecule has 16 heavy (non-hydrogen) atoms. The van der Waals surface area contributed by atoms with Crippen molar-refractivity contribution in [3.8, 4) is 0 Å². The van der Waals surface area contributed by atoms with Crippen molar-refractivity contribution in [1.29, 1.82) is 0 Å². The molecule has 0 aliphatic carbocycles. The molecule has 0 radical (unpaired) electrons. The number of benzene rings is 1. The molecule has 1 aromatic rings. The predicted octanol–water partition coefficient (Wildman–Crippen LogP) is 2.93. The Hall–Kier alpha value is -1.12. The van der Waals surface area contributed by atoms with Gasteiger partial charge in [0, 0.05) is 19.7 Å². The van der Waals surface area contributed by atoms with Crippen LogP contribution >= 0.6 is 0 Å². The first kappa shape index (κ1) is 12.9. The monoisotopic (exact) mass is 219 g/mol. The Bertz CT molecular complexity index is 284. The maximum Gasteiger partial charge on any atom is 0.0587 e. The zero-order valence-electron chi connectivity index (χ0n) is 9.99. The first-order valence-electron chi connectivity index (χ1n) is 5.76. The van der Waals surface area contributed by atoms with Crippen molar-refractivity contribution >= 4 is 0 Å². The molecule has 0 saturated carbocycles. The molecule has 1 rings (SSSR count). The van der Waals surface area contributed by atoms with E-state index in [9.17, 15) is 0 Å². The highest BCUT2D eigenvalue weighted by Crippen LogP contribution is 2.17. The third-order valence-electron chi connectivity index (χ3n) is 2.56. The number of hydrogen-bond donors (Lipinski definition) is 1. The molecule has 0 fully saturated rings. The molecule has 0 amide bonds. The van der Waals surface area contributed by atoms with E-state index >= 15 is 0 Å². The number of nitrogens with one attached hydrogen (secondary N) is 1. The van der Waals surface area contributed by atoms with E-state index in [1.54, 1.807) is 7.11 Å². The number of hydrogen-bond acceptors (Lipinski definition) is 2. The fraction of sp³-hybridized carbons (Fsp3) is 0.429. The van der Waals surface area contributed by atoms with Crippen LogP contribution in [0, 0.1) is 0 Å². The van der Waals surface area contributed by atoms with E-state index in [1.165, 1.54) is 5.56 Å².